The number of carbonyl (C=O) groups excluding carboxylic acids is 3. The SMILES string of the molecule is NCCOCCOc1ccc2c(c1)CN(C1CCC(=O)NC1=O)C2=O. The maximum atomic E-state index is 12.6. The summed E-state index contributed by atoms with van der Waals surface area (Å²) in [6.07, 6.45) is 0.597. The van der Waals surface area contributed by atoms with Crippen molar-refractivity contribution < 1.29 is 23.9 Å². The molecule has 3 N–H and O–H groups in total. The number of fused-ring (bicyclic) bond motifs is 1. The fourth-order valence-electron chi connectivity index (χ4n) is 3.04. The number of rotatable bonds is 7. The Kier molecular flexibility index (Phi) is 5.30. The second-order valence-electron chi connectivity index (χ2n) is 5.97. The molecule has 1 aromatic carbocycles. The molecule has 8 heteroatoms. The lowest BCUT2D eigenvalue weighted by Gasteiger charge is -2.29. The number of amides is 3. The fraction of sp³-hybridized carbons (Fsp3) is 0.471. The van der Waals surface area contributed by atoms with Crippen molar-refractivity contribution in [3.05, 3.63) is 29.3 Å². The Morgan fingerprint density at radius 3 is 2.80 bits per heavy atom. The van der Waals surface area contributed by atoms with Crippen molar-refractivity contribution in [1.29, 1.82) is 0 Å². The van der Waals surface area contributed by atoms with E-state index in [1.807, 2.05) is 6.07 Å². The summed E-state index contributed by atoms with van der Waals surface area (Å²) >= 11 is 0. The van der Waals surface area contributed by atoms with E-state index in [1.54, 1.807) is 12.1 Å². The minimum absolute atomic E-state index is 0.192. The van der Waals surface area contributed by atoms with Gasteiger partial charge < -0.3 is 20.1 Å². The third kappa shape index (κ3) is 3.80. The van der Waals surface area contributed by atoms with Crippen LogP contribution in [0.25, 0.3) is 0 Å². The zero-order valence-corrected chi connectivity index (χ0v) is 13.8. The van der Waals surface area contributed by atoms with Gasteiger partial charge in [0.15, 0.2) is 0 Å². The number of nitrogens with one attached hydrogen (secondary N) is 1. The van der Waals surface area contributed by atoms with Crippen LogP contribution in [-0.2, 0) is 20.9 Å². The summed E-state index contributed by atoms with van der Waals surface area (Å²) in [5, 5.41) is 2.29. The van der Waals surface area contributed by atoms with Gasteiger partial charge in [-0.25, -0.2) is 0 Å². The summed E-state index contributed by atoms with van der Waals surface area (Å²) in [4.78, 5) is 37.4. The number of benzene rings is 1. The van der Waals surface area contributed by atoms with Crippen LogP contribution in [-0.4, -0.2) is 55.0 Å². The van der Waals surface area contributed by atoms with Crippen molar-refractivity contribution in [1.82, 2.24) is 10.2 Å². The molecule has 1 saturated heterocycles. The molecular formula is C17H21N3O5. The molecule has 1 atom stereocenters. The molecule has 1 fully saturated rings. The van der Waals surface area contributed by atoms with Gasteiger partial charge in [0, 0.05) is 25.1 Å². The van der Waals surface area contributed by atoms with Crippen LogP contribution in [0.15, 0.2) is 18.2 Å². The summed E-state index contributed by atoms with van der Waals surface area (Å²) < 4.78 is 10.9. The molecule has 0 radical (unpaired) electrons. The first kappa shape index (κ1) is 17.4. The van der Waals surface area contributed by atoms with Gasteiger partial charge in [0.2, 0.25) is 11.8 Å². The topological polar surface area (TPSA) is 111 Å². The van der Waals surface area contributed by atoms with Gasteiger partial charge in [0.1, 0.15) is 18.4 Å². The highest BCUT2D eigenvalue weighted by Crippen LogP contribution is 2.30. The highest BCUT2D eigenvalue weighted by molar-refractivity contribution is 6.05. The van der Waals surface area contributed by atoms with Crippen molar-refractivity contribution in [2.45, 2.75) is 25.4 Å². The molecule has 3 rings (SSSR count). The van der Waals surface area contributed by atoms with E-state index in [-0.39, 0.29) is 18.2 Å². The van der Waals surface area contributed by atoms with E-state index in [1.165, 1.54) is 4.90 Å². The van der Waals surface area contributed by atoms with E-state index in [2.05, 4.69) is 5.32 Å². The Morgan fingerprint density at radius 1 is 1.20 bits per heavy atom. The molecule has 134 valence electrons. The van der Waals surface area contributed by atoms with Crippen LogP contribution in [0.2, 0.25) is 0 Å². The van der Waals surface area contributed by atoms with E-state index in [4.69, 9.17) is 15.2 Å². The van der Waals surface area contributed by atoms with Crippen molar-refractivity contribution in [3.8, 4) is 5.75 Å². The molecule has 2 aliphatic rings. The van der Waals surface area contributed by atoms with Gasteiger partial charge in [-0.2, -0.15) is 0 Å². The minimum Gasteiger partial charge on any atom is -0.491 e. The Balaban J connectivity index is 1.63. The maximum absolute atomic E-state index is 12.6. The summed E-state index contributed by atoms with van der Waals surface area (Å²) in [6.45, 7) is 2.13. The zero-order valence-electron chi connectivity index (χ0n) is 13.8. The predicted molar refractivity (Wildman–Crippen MR) is 87.9 cm³/mol. The van der Waals surface area contributed by atoms with Crippen LogP contribution in [0.4, 0.5) is 0 Å². The molecule has 0 aromatic heterocycles. The number of carbonyl (C=O) groups is 3. The second kappa shape index (κ2) is 7.62. The van der Waals surface area contributed by atoms with Gasteiger partial charge in [0.25, 0.3) is 5.91 Å². The van der Waals surface area contributed by atoms with Crippen LogP contribution >= 0.6 is 0 Å². The van der Waals surface area contributed by atoms with Crippen LogP contribution < -0.4 is 15.8 Å². The van der Waals surface area contributed by atoms with Gasteiger partial charge in [-0.15, -0.1) is 0 Å². The number of hydrogen-bond donors (Lipinski definition) is 2. The first-order chi connectivity index (χ1) is 12.1. The summed E-state index contributed by atoms with van der Waals surface area (Å²) in [5.41, 5.74) is 6.72. The van der Waals surface area contributed by atoms with Crippen molar-refractivity contribution in [2.24, 2.45) is 5.73 Å². The van der Waals surface area contributed by atoms with Gasteiger partial charge in [-0.05, 0) is 30.2 Å². The number of nitrogens with zero attached hydrogens (tertiary/aromatic N) is 1. The average Bonchev–Trinajstić information content (AvgIpc) is 2.91. The Hall–Kier alpha value is -2.45. The van der Waals surface area contributed by atoms with E-state index in [0.717, 1.165) is 5.56 Å². The molecule has 2 heterocycles. The minimum atomic E-state index is -0.605. The quantitative estimate of drug-likeness (QED) is 0.522. The third-order valence-corrected chi connectivity index (χ3v) is 4.25. The first-order valence-electron chi connectivity index (χ1n) is 8.28. The molecule has 8 nitrogen and oxygen atoms in total. The standard InChI is InChI=1S/C17H21N3O5/c18-5-6-24-7-8-25-12-1-2-13-11(9-12)10-20(17(13)23)14-3-4-15(21)19-16(14)22/h1-2,9,14H,3-8,10,18H2,(H,19,21,22). The molecule has 0 bridgehead atoms. The van der Waals surface area contributed by atoms with E-state index in [0.29, 0.717) is 50.6 Å². The molecule has 3 amide bonds. The molecule has 0 aliphatic carbocycles. The van der Waals surface area contributed by atoms with Crippen LogP contribution in [0.1, 0.15) is 28.8 Å². The lowest BCUT2D eigenvalue weighted by atomic mass is 10.0. The second-order valence-corrected chi connectivity index (χ2v) is 5.97. The molecule has 1 unspecified atom stereocenters. The van der Waals surface area contributed by atoms with Gasteiger partial charge in [-0.3, -0.25) is 19.7 Å². The van der Waals surface area contributed by atoms with E-state index >= 15 is 0 Å². The molecule has 25 heavy (non-hydrogen) atoms. The Bertz CT molecular complexity index is 691. The third-order valence-electron chi connectivity index (χ3n) is 4.25. The van der Waals surface area contributed by atoms with Crippen LogP contribution in [0, 0.1) is 0 Å². The van der Waals surface area contributed by atoms with E-state index in [9.17, 15) is 14.4 Å². The van der Waals surface area contributed by atoms with E-state index < -0.39 is 11.9 Å². The van der Waals surface area contributed by atoms with Crippen LogP contribution in [0.5, 0.6) is 5.75 Å². The lowest BCUT2D eigenvalue weighted by Crippen LogP contribution is -2.52. The number of nitrogens with two attached hydrogens (primary N) is 1. The van der Waals surface area contributed by atoms with Gasteiger partial charge in [0.05, 0.1) is 13.2 Å². The molecular weight excluding hydrogens is 326 g/mol. The smallest absolute Gasteiger partial charge is 0.255 e. The largest absolute Gasteiger partial charge is 0.491 e. The Morgan fingerprint density at radius 2 is 2.04 bits per heavy atom. The predicted octanol–water partition coefficient (Wildman–Crippen LogP) is -0.198. The lowest BCUT2D eigenvalue weighted by molar-refractivity contribution is -0.136. The molecule has 1 aromatic rings. The molecule has 0 spiro atoms. The first-order valence-corrected chi connectivity index (χ1v) is 8.28. The molecule has 2 aliphatic heterocycles. The number of ether oxygens (including phenoxy) is 2. The number of imide groups is 1. The van der Waals surface area contributed by atoms with Crippen LogP contribution in [0.3, 0.4) is 0 Å². The van der Waals surface area contributed by atoms with Crippen molar-refractivity contribution >= 4 is 17.7 Å². The monoisotopic (exact) mass is 347 g/mol. The molecule has 0 saturated carbocycles. The fourth-order valence-corrected chi connectivity index (χ4v) is 3.04. The number of hydrogen-bond acceptors (Lipinski definition) is 6. The van der Waals surface area contributed by atoms with Crippen molar-refractivity contribution in [2.75, 3.05) is 26.4 Å². The maximum Gasteiger partial charge on any atom is 0.255 e. The van der Waals surface area contributed by atoms with Crippen molar-refractivity contribution in [3.63, 3.8) is 0 Å². The Labute approximate surface area is 145 Å². The summed E-state index contributed by atoms with van der Waals surface area (Å²) in [5.74, 6) is -0.251. The average molecular weight is 347 g/mol. The highest BCUT2D eigenvalue weighted by atomic mass is 16.5. The van der Waals surface area contributed by atoms with Gasteiger partial charge in [-0.1, -0.05) is 0 Å². The zero-order chi connectivity index (χ0) is 17.8. The van der Waals surface area contributed by atoms with Gasteiger partial charge >= 0.3 is 0 Å². The highest BCUT2D eigenvalue weighted by Gasteiger charge is 2.39. The normalized spacial score (nSPS) is 19.8. The summed E-state index contributed by atoms with van der Waals surface area (Å²) in [7, 11) is 0. The number of piperidine rings is 1. The summed E-state index contributed by atoms with van der Waals surface area (Å²) in [6, 6.07) is 4.64.